The van der Waals surface area contributed by atoms with E-state index in [0.717, 1.165) is 22.5 Å². The lowest BCUT2D eigenvalue weighted by Crippen LogP contribution is -2.29. The molecule has 1 heterocycles. The minimum absolute atomic E-state index is 0.0704. The van der Waals surface area contributed by atoms with Crippen molar-refractivity contribution in [2.24, 2.45) is 0 Å². The molecule has 1 atom stereocenters. The standard InChI is InChI=1S/C15H18ClNO4S2/c1-11-2-4-12(5-3-11)13(21-9-8-18)10-17-23(19,20)15-7-6-14(16)22-15/h2-7,13,17-18H,8-10H2,1H3. The lowest BCUT2D eigenvalue weighted by molar-refractivity contribution is 0.0309. The van der Waals surface area contributed by atoms with E-state index in [2.05, 4.69) is 4.72 Å². The van der Waals surface area contributed by atoms with Crippen LogP contribution in [0.25, 0.3) is 0 Å². The molecule has 0 amide bonds. The maximum atomic E-state index is 12.2. The van der Waals surface area contributed by atoms with Gasteiger partial charge in [-0.1, -0.05) is 41.4 Å². The van der Waals surface area contributed by atoms with Crippen LogP contribution in [0.5, 0.6) is 0 Å². The highest BCUT2D eigenvalue weighted by atomic mass is 35.5. The molecule has 23 heavy (non-hydrogen) atoms. The van der Waals surface area contributed by atoms with Crippen molar-refractivity contribution in [2.75, 3.05) is 19.8 Å². The highest BCUT2D eigenvalue weighted by Crippen LogP contribution is 2.26. The van der Waals surface area contributed by atoms with Gasteiger partial charge in [0.25, 0.3) is 0 Å². The third-order valence-electron chi connectivity index (χ3n) is 3.13. The maximum Gasteiger partial charge on any atom is 0.250 e. The van der Waals surface area contributed by atoms with Crippen LogP contribution in [-0.2, 0) is 14.8 Å². The van der Waals surface area contributed by atoms with Gasteiger partial charge in [-0.15, -0.1) is 11.3 Å². The van der Waals surface area contributed by atoms with Crippen LogP contribution in [0.15, 0.2) is 40.6 Å². The van der Waals surface area contributed by atoms with Crippen LogP contribution in [0.4, 0.5) is 0 Å². The molecule has 5 nitrogen and oxygen atoms in total. The average Bonchev–Trinajstić information content (AvgIpc) is 2.96. The number of aliphatic hydroxyl groups excluding tert-OH is 1. The highest BCUT2D eigenvalue weighted by Gasteiger charge is 2.20. The predicted octanol–water partition coefficient (Wildman–Crippen LogP) is 2.74. The first kappa shape index (κ1) is 18.4. The number of thiophene rings is 1. The fourth-order valence-corrected chi connectivity index (χ4v) is 4.51. The molecule has 0 saturated heterocycles. The van der Waals surface area contributed by atoms with Gasteiger partial charge in [0.05, 0.1) is 23.7 Å². The lowest BCUT2D eigenvalue weighted by atomic mass is 10.1. The number of aliphatic hydroxyl groups is 1. The largest absolute Gasteiger partial charge is 0.394 e. The Morgan fingerprint density at radius 2 is 1.96 bits per heavy atom. The third-order valence-corrected chi connectivity index (χ3v) is 6.28. The first-order chi connectivity index (χ1) is 10.9. The van der Waals surface area contributed by atoms with Crippen molar-refractivity contribution in [1.82, 2.24) is 4.72 Å². The second-order valence-electron chi connectivity index (χ2n) is 4.90. The molecule has 1 aromatic heterocycles. The fraction of sp³-hybridized carbons (Fsp3) is 0.333. The highest BCUT2D eigenvalue weighted by molar-refractivity contribution is 7.91. The average molecular weight is 376 g/mol. The summed E-state index contributed by atoms with van der Waals surface area (Å²) in [4.78, 5) is 0. The zero-order chi connectivity index (χ0) is 16.9. The van der Waals surface area contributed by atoms with E-state index in [4.69, 9.17) is 21.4 Å². The Morgan fingerprint density at radius 3 is 2.52 bits per heavy atom. The van der Waals surface area contributed by atoms with E-state index in [0.29, 0.717) is 4.34 Å². The second kappa shape index (κ2) is 8.23. The van der Waals surface area contributed by atoms with Gasteiger partial charge in [-0.2, -0.15) is 0 Å². The van der Waals surface area contributed by atoms with Crippen LogP contribution < -0.4 is 4.72 Å². The number of aryl methyl sites for hydroxylation is 1. The maximum absolute atomic E-state index is 12.2. The van der Waals surface area contributed by atoms with Gasteiger partial charge in [0, 0.05) is 6.54 Å². The number of ether oxygens (including phenoxy) is 1. The first-order valence-corrected chi connectivity index (χ1v) is 9.64. The molecule has 2 N–H and O–H groups in total. The van der Waals surface area contributed by atoms with E-state index in [-0.39, 0.29) is 24.0 Å². The SMILES string of the molecule is Cc1ccc(C(CNS(=O)(=O)c2ccc(Cl)s2)OCCO)cc1. The van der Waals surface area contributed by atoms with Crippen LogP contribution in [0.3, 0.4) is 0 Å². The Kier molecular flexibility index (Phi) is 6.58. The minimum Gasteiger partial charge on any atom is -0.394 e. The smallest absolute Gasteiger partial charge is 0.250 e. The van der Waals surface area contributed by atoms with Gasteiger partial charge in [0.1, 0.15) is 4.21 Å². The summed E-state index contributed by atoms with van der Waals surface area (Å²) in [5.74, 6) is 0. The van der Waals surface area contributed by atoms with Crippen molar-refractivity contribution in [3.8, 4) is 0 Å². The van der Waals surface area contributed by atoms with Crippen LogP contribution in [0.1, 0.15) is 17.2 Å². The molecule has 0 aliphatic carbocycles. The Hall–Kier alpha value is -0.960. The summed E-state index contributed by atoms with van der Waals surface area (Å²) in [5, 5.41) is 8.94. The second-order valence-corrected chi connectivity index (χ2v) is 8.61. The normalized spacial score (nSPS) is 13.2. The van der Waals surface area contributed by atoms with Crippen LogP contribution >= 0.6 is 22.9 Å². The van der Waals surface area contributed by atoms with Crippen molar-refractivity contribution in [3.63, 3.8) is 0 Å². The molecule has 0 bridgehead atoms. The van der Waals surface area contributed by atoms with E-state index in [1.807, 2.05) is 31.2 Å². The summed E-state index contributed by atoms with van der Waals surface area (Å²) in [6.07, 6.45) is -0.479. The lowest BCUT2D eigenvalue weighted by Gasteiger charge is -2.18. The molecule has 1 unspecified atom stereocenters. The molecule has 0 fully saturated rings. The number of hydrogen-bond acceptors (Lipinski definition) is 5. The molecule has 8 heteroatoms. The molecule has 2 aromatic rings. The Bertz CT molecular complexity index is 728. The van der Waals surface area contributed by atoms with Crippen LogP contribution in [-0.4, -0.2) is 33.3 Å². The summed E-state index contributed by atoms with van der Waals surface area (Å²) in [6, 6.07) is 10.6. The fourth-order valence-electron chi connectivity index (χ4n) is 1.95. The summed E-state index contributed by atoms with van der Waals surface area (Å²) in [5.41, 5.74) is 1.94. The van der Waals surface area contributed by atoms with Crippen LogP contribution in [0.2, 0.25) is 4.34 Å². The molecule has 0 aliphatic rings. The van der Waals surface area contributed by atoms with Gasteiger partial charge >= 0.3 is 0 Å². The molecule has 0 radical (unpaired) electrons. The van der Waals surface area contributed by atoms with Gasteiger partial charge in [-0.3, -0.25) is 0 Å². The van der Waals surface area contributed by atoms with E-state index in [9.17, 15) is 8.42 Å². The van der Waals surface area contributed by atoms with Crippen molar-refractivity contribution in [1.29, 1.82) is 0 Å². The molecule has 0 saturated carbocycles. The topological polar surface area (TPSA) is 75.6 Å². The Morgan fingerprint density at radius 1 is 1.26 bits per heavy atom. The van der Waals surface area contributed by atoms with Crippen LogP contribution in [0, 0.1) is 6.92 Å². The molecular weight excluding hydrogens is 358 g/mol. The number of rotatable bonds is 8. The predicted molar refractivity (Wildman–Crippen MR) is 91.5 cm³/mol. The molecule has 2 rings (SSSR count). The van der Waals surface area contributed by atoms with E-state index in [1.54, 1.807) is 6.07 Å². The van der Waals surface area contributed by atoms with Crippen molar-refractivity contribution >= 4 is 33.0 Å². The number of halogens is 1. The quantitative estimate of drug-likeness (QED) is 0.743. The molecule has 0 aliphatic heterocycles. The van der Waals surface area contributed by atoms with Gasteiger partial charge in [-0.05, 0) is 24.6 Å². The molecule has 126 valence electrons. The summed E-state index contributed by atoms with van der Waals surface area (Å²) < 4.78 is 33.1. The number of sulfonamides is 1. The van der Waals surface area contributed by atoms with Crippen molar-refractivity contribution < 1.29 is 18.3 Å². The first-order valence-electron chi connectivity index (χ1n) is 6.96. The number of nitrogens with one attached hydrogen (secondary N) is 1. The summed E-state index contributed by atoms with van der Waals surface area (Å²) >= 11 is 6.78. The van der Waals surface area contributed by atoms with E-state index in [1.165, 1.54) is 6.07 Å². The molecule has 0 spiro atoms. The van der Waals surface area contributed by atoms with Crippen molar-refractivity contribution in [2.45, 2.75) is 17.2 Å². The number of benzene rings is 1. The van der Waals surface area contributed by atoms with Gasteiger partial charge in [0.15, 0.2) is 0 Å². The molecule has 1 aromatic carbocycles. The Balaban J connectivity index is 2.10. The monoisotopic (exact) mass is 375 g/mol. The van der Waals surface area contributed by atoms with Gasteiger partial charge in [0.2, 0.25) is 10.0 Å². The van der Waals surface area contributed by atoms with E-state index >= 15 is 0 Å². The number of hydrogen-bond donors (Lipinski definition) is 2. The summed E-state index contributed by atoms with van der Waals surface area (Å²) in [6.45, 7) is 2.04. The Labute approximate surface area is 144 Å². The zero-order valence-corrected chi connectivity index (χ0v) is 14.9. The van der Waals surface area contributed by atoms with Gasteiger partial charge in [-0.25, -0.2) is 13.1 Å². The van der Waals surface area contributed by atoms with E-state index < -0.39 is 16.1 Å². The van der Waals surface area contributed by atoms with Gasteiger partial charge < -0.3 is 9.84 Å². The molecular formula is C15H18ClNO4S2. The third kappa shape index (κ3) is 5.27. The summed E-state index contributed by atoms with van der Waals surface area (Å²) in [7, 11) is -3.63. The van der Waals surface area contributed by atoms with Crippen molar-refractivity contribution in [3.05, 3.63) is 51.9 Å². The zero-order valence-electron chi connectivity index (χ0n) is 12.5. The minimum atomic E-state index is -3.63.